The number of nitrogens with one attached hydrogen (secondary N) is 1. The molecule has 2 aromatic rings. The molecule has 1 aromatic carbocycles. The molecule has 6 heteroatoms. The van der Waals surface area contributed by atoms with Crippen LogP contribution in [0.5, 0.6) is 0 Å². The number of nitrogens with zero attached hydrogens (tertiary/aromatic N) is 1. The number of benzene rings is 1. The van der Waals surface area contributed by atoms with E-state index in [1.807, 2.05) is 48.8 Å². The zero-order chi connectivity index (χ0) is 29.7. The Labute approximate surface area is 249 Å². The number of pyridine rings is 1. The average Bonchev–Trinajstić information content (AvgIpc) is 3.34. The van der Waals surface area contributed by atoms with Crippen LogP contribution < -0.4 is 11.1 Å². The molecule has 4 N–H and O–H groups in total. The van der Waals surface area contributed by atoms with E-state index in [1.54, 1.807) is 6.92 Å². The van der Waals surface area contributed by atoms with Crippen molar-refractivity contribution in [2.45, 2.75) is 83.7 Å². The van der Waals surface area contributed by atoms with Crippen molar-refractivity contribution in [3.8, 4) is 0 Å². The third kappa shape index (κ3) is 4.72. The van der Waals surface area contributed by atoms with Crippen LogP contribution in [0.3, 0.4) is 0 Å². The number of carboxylic acid groups (broad SMARTS) is 1. The van der Waals surface area contributed by atoms with E-state index in [1.165, 1.54) is 29.6 Å². The van der Waals surface area contributed by atoms with Crippen molar-refractivity contribution in [3.63, 3.8) is 0 Å². The molecule has 1 unspecified atom stereocenters. The Bertz CT molecular complexity index is 1400. The molecule has 2 fully saturated rings. The van der Waals surface area contributed by atoms with Gasteiger partial charge in [-0.25, -0.2) is 4.79 Å². The van der Waals surface area contributed by atoms with Gasteiger partial charge < -0.3 is 16.2 Å². The SMILES string of the molecule is CC(NC(=O)[C@@H](N)Cc1ccccc1)(C(=O)O)[C@H]1CC[C@@]2(C)C(=CC[C@@H]3[C@@H]2CC[C@]2(C)C(c4cccnc4)=CC[C@@H]32)C1. The molecule has 1 heterocycles. The smallest absolute Gasteiger partial charge is 0.329 e. The number of hydrogen-bond acceptors (Lipinski definition) is 4. The summed E-state index contributed by atoms with van der Waals surface area (Å²) < 4.78 is 0. The fourth-order valence-electron chi connectivity index (χ4n) is 9.33. The number of aromatic nitrogens is 1. The quantitative estimate of drug-likeness (QED) is 0.346. The van der Waals surface area contributed by atoms with Gasteiger partial charge in [0.15, 0.2) is 0 Å². The van der Waals surface area contributed by atoms with Gasteiger partial charge in [0.1, 0.15) is 5.54 Å². The number of fused-ring (bicyclic) bond motifs is 5. The molecule has 4 aliphatic rings. The van der Waals surface area contributed by atoms with Crippen molar-refractivity contribution in [3.05, 3.63) is 83.7 Å². The minimum atomic E-state index is -1.37. The van der Waals surface area contributed by atoms with Crippen molar-refractivity contribution in [1.82, 2.24) is 10.3 Å². The highest BCUT2D eigenvalue weighted by Gasteiger charge is 2.58. The van der Waals surface area contributed by atoms with E-state index in [2.05, 4.69) is 42.4 Å². The zero-order valence-electron chi connectivity index (χ0n) is 25.2. The fraction of sp³-hybridized carbons (Fsp3) is 0.528. The van der Waals surface area contributed by atoms with Crippen molar-refractivity contribution in [1.29, 1.82) is 0 Å². The van der Waals surface area contributed by atoms with E-state index in [4.69, 9.17) is 5.73 Å². The summed E-state index contributed by atoms with van der Waals surface area (Å²) in [5, 5.41) is 13.3. The molecule has 4 aliphatic carbocycles. The van der Waals surface area contributed by atoms with Crippen LogP contribution in [0.15, 0.2) is 72.6 Å². The van der Waals surface area contributed by atoms with Crippen molar-refractivity contribution >= 4 is 17.4 Å². The molecule has 0 bridgehead atoms. The molecule has 1 amide bonds. The van der Waals surface area contributed by atoms with Crippen LogP contribution in [-0.2, 0) is 16.0 Å². The first kappa shape index (κ1) is 28.9. The van der Waals surface area contributed by atoms with E-state index in [0.29, 0.717) is 30.6 Å². The van der Waals surface area contributed by atoms with Gasteiger partial charge in [-0.3, -0.25) is 9.78 Å². The van der Waals surface area contributed by atoms with Crippen LogP contribution in [0.4, 0.5) is 0 Å². The lowest BCUT2D eigenvalue weighted by Crippen LogP contribution is -2.62. The van der Waals surface area contributed by atoms with Crippen LogP contribution in [-0.4, -0.2) is 33.5 Å². The first-order chi connectivity index (χ1) is 20.1. The second-order valence-corrected chi connectivity index (χ2v) is 14.0. The van der Waals surface area contributed by atoms with Crippen LogP contribution in [0.25, 0.3) is 5.57 Å². The molecule has 6 nitrogen and oxygen atoms in total. The predicted octanol–water partition coefficient (Wildman–Crippen LogP) is 6.18. The highest BCUT2D eigenvalue weighted by atomic mass is 16.4. The molecule has 1 aromatic heterocycles. The molecular weight excluding hydrogens is 522 g/mol. The lowest BCUT2D eigenvalue weighted by molar-refractivity contribution is -0.150. The Kier molecular flexibility index (Phi) is 7.41. The highest BCUT2D eigenvalue weighted by Crippen LogP contribution is 2.66. The molecule has 222 valence electrons. The van der Waals surface area contributed by atoms with Gasteiger partial charge in [-0.15, -0.1) is 0 Å². The van der Waals surface area contributed by atoms with E-state index in [-0.39, 0.29) is 16.7 Å². The Morgan fingerprint density at radius 3 is 2.52 bits per heavy atom. The van der Waals surface area contributed by atoms with E-state index >= 15 is 0 Å². The molecular formula is C36H45N3O3. The lowest BCUT2D eigenvalue weighted by Gasteiger charge is -2.58. The van der Waals surface area contributed by atoms with Gasteiger partial charge >= 0.3 is 5.97 Å². The largest absolute Gasteiger partial charge is 0.480 e. The molecule has 8 atom stereocenters. The molecule has 0 spiro atoms. The highest BCUT2D eigenvalue weighted by molar-refractivity contribution is 5.89. The number of nitrogens with two attached hydrogens (primary N) is 1. The third-order valence-corrected chi connectivity index (χ3v) is 11.9. The van der Waals surface area contributed by atoms with E-state index < -0.39 is 23.5 Å². The normalized spacial score (nSPS) is 34.0. The number of carbonyl (C=O) groups excluding carboxylic acids is 1. The number of rotatable bonds is 7. The maximum Gasteiger partial charge on any atom is 0.329 e. The van der Waals surface area contributed by atoms with Gasteiger partial charge in [0, 0.05) is 12.4 Å². The number of carbonyl (C=O) groups is 2. The summed E-state index contributed by atoms with van der Waals surface area (Å²) in [5.41, 5.74) is 10.2. The van der Waals surface area contributed by atoms with Gasteiger partial charge in [-0.05, 0) is 116 Å². The van der Waals surface area contributed by atoms with Gasteiger partial charge in [-0.2, -0.15) is 0 Å². The Balaban J connectivity index is 1.18. The number of allylic oxidation sites excluding steroid dienone is 4. The monoisotopic (exact) mass is 567 g/mol. The first-order valence-corrected chi connectivity index (χ1v) is 15.7. The second kappa shape index (κ2) is 10.8. The number of aliphatic carboxylic acids is 1. The molecule has 0 aliphatic heterocycles. The number of carboxylic acids is 1. The van der Waals surface area contributed by atoms with Crippen molar-refractivity contribution < 1.29 is 14.7 Å². The minimum absolute atomic E-state index is 0.0743. The fourth-order valence-corrected chi connectivity index (χ4v) is 9.33. The minimum Gasteiger partial charge on any atom is -0.480 e. The average molecular weight is 568 g/mol. The summed E-state index contributed by atoms with van der Waals surface area (Å²) in [6.45, 7) is 6.59. The number of hydrogen-bond donors (Lipinski definition) is 3. The predicted molar refractivity (Wildman–Crippen MR) is 165 cm³/mol. The Morgan fingerprint density at radius 1 is 1.05 bits per heavy atom. The summed E-state index contributed by atoms with van der Waals surface area (Å²) in [4.78, 5) is 30.3. The van der Waals surface area contributed by atoms with Gasteiger partial charge in [0.2, 0.25) is 5.91 Å². The summed E-state index contributed by atoms with van der Waals surface area (Å²) in [7, 11) is 0. The first-order valence-electron chi connectivity index (χ1n) is 15.7. The van der Waals surface area contributed by atoms with Crippen molar-refractivity contribution in [2.75, 3.05) is 0 Å². The molecule has 0 saturated heterocycles. The molecule has 42 heavy (non-hydrogen) atoms. The standard InChI is InChI=1S/C36H45N3O3/c1-34-17-15-26(36(3,33(41)42)39-32(40)31(37)20-23-8-5-4-6-9-23)21-25(34)11-12-27-29-14-13-28(24-10-7-19-38-22-24)35(29,2)18-16-30(27)34/h4-11,13,19,22,26-27,29-31H,12,14-18,20-21,37H2,1-3H3,(H,39,40)(H,41,42)/t26-,27-,29-,30-,31-,34-,35+,36?/m0/s1. The second-order valence-electron chi connectivity index (χ2n) is 14.0. The zero-order valence-corrected chi connectivity index (χ0v) is 25.2. The topological polar surface area (TPSA) is 105 Å². The van der Waals surface area contributed by atoms with E-state index in [9.17, 15) is 14.7 Å². The Morgan fingerprint density at radius 2 is 1.81 bits per heavy atom. The van der Waals surface area contributed by atoms with E-state index in [0.717, 1.165) is 31.2 Å². The van der Waals surface area contributed by atoms with Crippen LogP contribution in [0, 0.1) is 34.5 Å². The van der Waals surface area contributed by atoms with Crippen molar-refractivity contribution in [2.24, 2.45) is 40.2 Å². The summed E-state index contributed by atoms with van der Waals surface area (Å²) in [5.74, 6) is 0.272. The molecule has 0 radical (unpaired) electrons. The van der Waals surface area contributed by atoms with Crippen LogP contribution in [0.1, 0.15) is 76.8 Å². The Hall–Kier alpha value is -3.25. The summed E-state index contributed by atoms with van der Waals surface area (Å²) in [6.07, 6.45) is 16.1. The summed E-state index contributed by atoms with van der Waals surface area (Å²) >= 11 is 0. The van der Waals surface area contributed by atoms with Crippen LogP contribution >= 0.6 is 0 Å². The van der Waals surface area contributed by atoms with Gasteiger partial charge in [-0.1, -0.05) is 68.0 Å². The van der Waals surface area contributed by atoms with Gasteiger partial charge in [0.25, 0.3) is 0 Å². The third-order valence-electron chi connectivity index (χ3n) is 11.9. The summed E-state index contributed by atoms with van der Waals surface area (Å²) in [6, 6.07) is 13.1. The van der Waals surface area contributed by atoms with Crippen LogP contribution in [0.2, 0.25) is 0 Å². The molecule has 6 rings (SSSR count). The molecule has 2 saturated carbocycles. The maximum atomic E-state index is 13.2. The lowest BCUT2D eigenvalue weighted by atomic mass is 9.46. The maximum absolute atomic E-state index is 13.2. The number of amides is 1. The van der Waals surface area contributed by atoms with Gasteiger partial charge in [0.05, 0.1) is 6.04 Å².